The van der Waals surface area contributed by atoms with Gasteiger partial charge in [0, 0.05) is 7.05 Å². The van der Waals surface area contributed by atoms with Crippen molar-refractivity contribution in [3.8, 4) is 5.75 Å². The van der Waals surface area contributed by atoms with Crippen molar-refractivity contribution in [2.75, 3.05) is 7.11 Å². The molecule has 0 bridgehead atoms. The Bertz CT molecular complexity index is 541. The zero-order valence-electron chi connectivity index (χ0n) is 7.70. The molecule has 0 unspecified atom stereocenters. The predicted octanol–water partition coefficient (Wildman–Crippen LogP) is 1.90. The summed E-state index contributed by atoms with van der Waals surface area (Å²) in [5.41, 5.74) is 1.18. The molecule has 0 saturated carbocycles. The fourth-order valence-corrected chi connectivity index (χ4v) is 1.86. The second-order valence-electron chi connectivity index (χ2n) is 2.85. The van der Waals surface area contributed by atoms with Crippen molar-refractivity contribution < 1.29 is 9.15 Å². The van der Waals surface area contributed by atoms with Gasteiger partial charge < -0.3 is 9.15 Å². The number of hydrogen-bond acceptors (Lipinski definition) is 3. The van der Waals surface area contributed by atoms with Crippen molar-refractivity contribution in [3.63, 3.8) is 0 Å². The Labute approximate surface area is 88.2 Å². The minimum atomic E-state index is -0.392. The van der Waals surface area contributed by atoms with Crippen LogP contribution in [0.25, 0.3) is 11.1 Å². The van der Waals surface area contributed by atoms with Crippen molar-refractivity contribution in [1.82, 2.24) is 4.57 Å². The molecule has 0 saturated heterocycles. The topological polar surface area (TPSA) is 44.4 Å². The van der Waals surface area contributed by atoms with Gasteiger partial charge in [-0.15, -0.1) is 0 Å². The minimum Gasteiger partial charge on any atom is -0.493 e. The third-order valence-electron chi connectivity index (χ3n) is 2.06. The van der Waals surface area contributed by atoms with E-state index in [4.69, 9.17) is 9.15 Å². The van der Waals surface area contributed by atoms with Crippen LogP contribution in [0.3, 0.4) is 0 Å². The van der Waals surface area contributed by atoms with E-state index in [1.165, 1.54) is 4.57 Å². The first-order chi connectivity index (χ1) is 6.65. The highest BCUT2D eigenvalue weighted by Gasteiger charge is 2.13. The number of aromatic nitrogens is 1. The molecule has 1 aromatic carbocycles. The van der Waals surface area contributed by atoms with Crippen LogP contribution in [0.1, 0.15) is 0 Å². The van der Waals surface area contributed by atoms with Crippen molar-refractivity contribution in [3.05, 3.63) is 27.2 Å². The summed E-state index contributed by atoms with van der Waals surface area (Å²) in [6.07, 6.45) is 0. The molecule has 0 N–H and O–H groups in total. The quantitative estimate of drug-likeness (QED) is 0.784. The monoisotopic (exact) mass is 257 g/mol. The molecule has 5 heteroatoms. The molecule has 14 heavy (non-hydrogen) atoms. The minimum absolute atomic E-state index is 0.392. The van der Waals surface area contributed by atoms with Gasteiger partial charge in [-0.3, -0.25) is 4.57 Å². The van der Waals surface area contributed by atoms with Crippen LogP contribution < -0.4 is 10.5 Å². The average molecular weight is 258 g/mol. The van der Waals surface area contributed by atoms with Crippen molar-refractivity contribution in [2.24, 2.45) is 7.05 Å². The average Bonchev–Trinajstić information content (AvgIpc) is 2.45. The maximum absolute atomic E-state index is 11.2. The molecule has 74 valence electrons. The van der Waals surface area contributed by atoms with Crippen LogP contribution in [0, 0.1) is 0 Å². The van der Waals surface area contributed by atoms with Crippen molar-refractivity contribution in [2.45, 2.75) is 0 Å². The lowest BCUT2D eigenvalue weighted by molar-refractivity contribution is 0.415. The number of nitrogens with zero attached hydrogens (tertiary/aromatic N) is 1. The summed E-state index contributed by atoms with van der Waals surface area (Å²) in [7, 11) is 3.19. The van der Waals surface area contributed by atoms with Gasteiger partial charge in [0.2, 0.25) is 0 Å². The summed E-state index contributed by atoms with van der Waals surface area (Å²) in [5, 5.41) is 0. The molecule has 4 nitrogen and oxygen atoms in total. The maximum atomic E-state index is 11.2. The van der Waals surface area contributed by atoms with Crippen LogP contribution in [0.5, 0.6) is 5.75 Å². The summed E-state index contributed by atoms with van der Waals surface area (Å²) in [4.78, 5) is 11.2. The van der Waals surface area contributed by atoms with E-state index in [9.17, 15) is 4.79 Å². The maximum Gasteiger partial charge on any atom is 0.419 e. The zero-order chi connectivity index (χ0) is 10.3. The SMILES string of the molecule is COc1c(Br)ccc2oc(=O)n(C)c12. The zero-order valence-corrected chi connectivity index (χ0v) is 9.29. The van der Waals surface area contributed by atoms with E-state index in [-0.39, 0.29) is 0 Å². The standard InChI is InChI=1S/C9H8BrNO3/c1-11-7-6(14-9(11)12)4-3-5(10)8(7)13-2/h3-4H,1-2H3. The van der Waals surface area contributed by atoms with Gasteiger partial charge in [-0.25, -0.2) is 4.79 Å². The first kappa shape index (κ1) is 9.33. The predicted molar refractivity (Wildman–Crippen MR) is 55.7 cm³/mol. The summed E-state index contributed by atoms with van der Waals surface area (Å²) in [6, 6.07) is 3.51. The van der Waals surface area contributed by atoms with Gasteiger partial charge in [-0.2, -0.15) is 0 Å². The third kappa shape index (κ3) is 1.16. The number of methoxy groups -OCH3 is 1. The number of rotatable bonds is 1. The Hall–Kier alpha value is -1.23. The number of hydrogen-bond donors (Lipinski definition) is 0. The summed E-state index contributed by atoms with van der Waals surface area (Å²) < 4.78 is 12.4. The number of halogens is 1. The number of fused-ring (bicyclic) bond motifs is 1. The highest BCUT2D eigenvalue weighted by molar-refractivity contribution is 9.10. The fourth-order valence-electron chi connectivity index (χ4n) is 1.38. The molecule has 0 aliphatic heterocycles. The number of oxazole rings is 1. The van der Waals surface area contributed by atoms with Gasteiger partial charge in [0.1, 0.15) is 5.52 Å². The van der Waals surface area contributed by atoms with Gasteiger partial charge in [-0.1, -0.05) is 0 Å². The van der Waals surface area contributed by atoms with Crippen molar-refractivity contribution >= 4 is 27.0 Å². The summed E-state index contributed by atoms with van der Waals surface area (Å²) in [6.45, 7) is 0. The molecular formula is C9H8BrNO3. The highest BCUT2D eigenvalue weighted by Crippen LogP contribution is 2.32. The second kappa shape index (κ2) is 3.16. The molecule has 0 amide bonds. The molecule has 0 aliphatic rings. The number of ether oxygens (including phenoxy) is 1. The lowest BCUT2D eigenvalue weighted by atomic mass is 10.3. The number of aryl methyl sites for hydroxylation is 1. The van der Waals surface area contributed by atoms with E-state index < -0.39 is 5.76 Å². The highest BCUT2D eigenvalue weighted by atomic mass is 79.9. The molecule has 0 atom stereocenters. The van der Waals surface area contributed by atoms with Crippen LogP contribution >= 0.6 is 15.9 Å². The van der Waals surface area contributed by atoms with Gasteiger partial charge >= 0.3 is 5.76 Å². The molecular weight excluding hydrogens is 250 g/mol. The lowest BCUT2D eigenvalue weighted by Crippen LogP contribution is -2.08. The number of benzene rings is 1. The van der Waals surface area contributed by atoms with E-state index in [2.05, 4.69) is 15.9 Å². The van der Waals surface area contributed by atoms with E-state index in [1.54, 1.807) is 26.3 Å². The van der Waals surface area contributed by atoms with E-state index >= 15 is 0 Å². The molecule has 2 aromatic rings. The van der Waals surface area contributed by atoms with Gasteiger partial charge in [-0.05, 0) is 28.1 Å². The second-order valence-corrected chi connectivity index (χ2v) is 3.71. The Morgan fingerprint density at radius 2 is 2.21 bits per heavy atom. The molecule has 1 aromatic heterocycles. The largest absolute Gasteiger partial charge is 0.493 e. The Morgan fingerprint density at radius 1 is 1.50 bits per heavy atom. The van der Waals surface area contributed by atoms with E-state index in [0.29, 0.717) is 16.8 Å². The van der Waals surface area contributed by atoms with Gasteiger partial charge in [0.15, 0.2) is 11.3 Å². The Kier molecular flexibility index (Phi) is 2.11. The molecule has 1 heterocycles. The van der Waals surface area contributed by atoms with Crippen LogP contribution in [0.4, 0.5) is 0 Å². The van der Waals surface area contributed by atoms with E-state index in [1.807, 2.05) is 0 Å². The van der Waals surface area contributed by atoms with Crippen molar-refractivity contribution in [1.29, 1.82) is 0 Å². The Morgan fingerprint density at radius 3 is 2.86 bits per heavy atom. The lowest BCUT2D eigenvalue weighted by Gasteiger charge is -2.04. The van der Waals surface area contributed by atoms with Gasteiger partial charge in [0.05, 0.1) is 11.6 Å². The molecule has 0 aliphatic carbocycles. The Balaban J connectivity index is 2.98. The summed E-state index contributed by atoms with van der Waals surface area (Å²) in [5.74, 6) is 0.215. The third-order valence-corrected chi connectivity index (χ3v) is 2.68. The smallest absolute Gasteiger partial charge is 0.419 e. The van der Waals surface area contributed by atoms with Crippen LogP contribution in [0.15, 0.2) is 25.8 Å². The van der Waals surface area contributed by atoms with Crippen LogP contribution in [-0.4, -0.2) is 11.7 Å². The van der Waals surface area contributed by atoms with E-state index in [0.717, 1.165) is 4.47 Å². The molecule has 0 spiro atoms. The normalized spacial score (nSPS) is 10.8. The first-order valence-electron chi connectivity index (χ1n) is 3.97. The molecule has 2 rings (SSSR count). The molecule has 0 radical (unpaired) electrons. The van der Waals surface area contributed by atoms with Crippen LogP contribution in [0.2, 0.25) is 0 Å². The van der Waals surface area contributed by atoms with Gasteiger partial charge in [0.25, 0.3) is 0 Å². The van der Waals surface area contributed by atoms with Crippen LogP contribution in [-0.2, 0) is 7.05 Å². The summed E-state index contributed by atoms with van der Waals surface area (Å²) >= 11 is 3.34. The molecule has 0 fully saturated rings. The first-order valence-corrected chi connectivity index (χ1v) is 4.76. The fraction of sp³-hybridized carbons (Fsp3) is 0.222.